The van der Waals surface area contributed by atoms with E-state index in [1.807, 2.05) is 0 Å². The minimum Gasteiger partial charge on any atom is -0.371 e. The first-order chi connectivity index (χ1) is 7.43. The molecule has 0 spiro atoms. The van der Waals surface area contributed by atoms with E-state index >= 15 is 0 Å². The highest BCUT2D eigenvalue weighted by atomic mass is 15.1. The van der Waals surface area contributed by atoms with Crippen LogP contribution in [0.2, 0.25) is 0 Å². The molecule has 0 aliphatic carbocycles. The van der Waals surface area contributed by atoms with Crippen molar-refractivity contribution in [2.24, 2.45) is 0 Å². The third-order valence-electron chi connectivity index (χ3n) is 3.13. The van der Waals surface area contributed by atoms with Crippen molar-refractivity contribution in [3.05, 3.63) is 24.5 Å². The molecular weight excluding hydrogens is 186 g/mol. The number of aromatic amines is 1. The minimum atomic E-state index is 1.07. The van der Waals surface area contributed by atoms with E-state index in [0.717, 1.165) is 11.0 Å². The van der Waals surface area contributed by atoms with Crippen LogP contribution in [0.5, 0.6) is 0 Å². The Morgan fingerprint density at radius 2 is 2.00 bits per heavy atom. The molecule has 0 radical (unpaired) electrons. The molecule has 1 fully saturated rings. The predicted molar refractivity (Wildman–Crippen MR) is 62.2 cm³/mol. The van der Waals surface area contributed by atoms with Crippen molar-refractivity contribution < 1.29 is 0 Å². The van der Waals surface area contributed by atoms with Gasteiger partial charge >= 0.3 is 0 Å². The van der Waals surface area contributed by atoms with Crippen LogP contribution >= 0.6 is 0 Å². The highest BCUT2D eigenvalue weighted by Gasteiger charge is 2.11. The second-order valence-corrected chi connectivity index (χ2v) is 4.15. The van der Waals surface area contributed by atoms with Gasteiger partial charge in [-0.1, -0.05) is 0 Å². The molecule has 15 heavy (non-hydrogen) atoms. The number of nitrogens with one attached hydrogen (secondary N) is 1. The Morgan fingerprint density at radius 1 is 1.13 bits per heavy atom. The van der Waals surface area contributed by atoms with Crippen molar-refractivity contribution in [1.82, 2.24) is 9.97 Å². The molecule has 2 heterocycles. The Bertz CT molecular complexity index is 455. The zero-order valence-electron chi connectivity index (χ0n) is 8.74. The fourth-order valence-corrected chi connectivity index (χ4v) is 2.27. The summed E-state index contributed by atoms with van der Waals surface area (Å²) < 4.78 is 0. The van der Waals surface area contributed by atoms with Crippen molar-refractivity contribution in [3.8, 4) is 0 Å². The number of aromatic nitrogens is 2. The lowest BCUT2D eigenvalue weighted by Gasteiger charge is -2.28. The molecule has 2 aromatic rings. The molecule has 1 aliphatic rings. The summed E-state index contributed by atoms with van der Waals surface area (Å²) in [7, 11) is 0. The van der Waals surface area contributed by atoms with Gasteiger partial charge in [0.1, 0.15) is 0 Å². The van der Waals surface area contributed by atoms with Crippen LogP contribution in [0.4, 0.5) is 5.69 Å². The van der Waals surface area contributed by atoms with E-state index in [0.29, 0.717) is 0 Å². The fraction of sp³-hybridized carbons (Fsp3) is 0.417. The molecular formula is C12H15N3. The van der Waals surface area contributed by atoms with Crippen molar-refractivity contribution in [2.45, 2.75) is 19.3 Å². The van der Waals surface area contributed by atoms with Crippen molar-refractivity contribution in [3.63, 3.8) is 0 Å². The second kappa shape index (κ2) is 3.57. The number of benzene rings is 1. The quantitative estimate of drug-likeness (QED) is 0.769. The van der Waals surface area contributed by atoms with Crippen LogP contribution in [-0.2, 0) is 0 Å². The number of hydrogen-bond acceptors (Lipinski definition) is 2. The lowest BCUT2D eigenvalue weighted by atomic mass is 10.1. The number of hydrogen-bond donors (Lipinski definition) is 1. The zero-order chi connectivity index (χ0) is 10.1. The Kier molecular flexibility index (Phi) is 2.09. The number of imidazole rings is 1. The van der Waals surface area contributed by atoms with Crippen molar-refractivity contribution in [1.29, 1.82) is 0 Å². The zero-order valence-corrected chi connectivity index (χ0v) is 8.74. The summed E-state index contributed by atoms with van der Waals surface area (Å²) in [6, 6.07) is 6.48. The molecule has 1 aliphatic heterocycles. The Balaban J connectivity index is 1.95. The van der Waals surface area contributed by atoms with E-state index < -0.39 is 0 Å². The normalized spacial score (nSPS) is 17.2. The van der Waals surface area contributed by atoms with E-state index in [1.54, 1.807) is 6.33 Å². The molecule has 0 unspecified atom stereocenters. The smallest absolute Gasteiger partial charge is 0.0931 e. The topological polar surface area (TPSA) is 31.9 Å². The molecule has 3 heteroatoms. The van der Waals surface area contributed by atoms with Crippen LogP contribution in [0.25, 0.3) is 11.0 Å². The first kappa shape index (κ1) is 8.77. The first-order valence-electron chi connectivity index (χ1n) is 5.61. The molecule has 78 valence electrons. The monoisotopic (exact) mass is 201 g/mol. The van der Waals surface area contributed by atoms with E-state index in [1.165, 1.54) is 38.0 Å². The molecule has 3 nitrogen and oxygen atoms in total. The molecule has 1 aromatic carbocycles. The van der Waals surface area contributed by atoms with Crippen LogP contribution < -0.4 is 4.90 Å². The third kappa shape index (κ3) is 1.58. The van der Waals surface area contributed by atoms with Gasteiger partial charge in [-0.3, -0.25) is 0 Å². The van der Waals surface area contributed by atoms with Gasteiger partial charge in [-0.05, 0) is 37.5 Å². The molecule has 1 N–H and O–H groups in total. The van der Waals surface area contributed by atoms with Gasteiger partial charge in [-0.25, -0.2) is 4.98 Å². The summed E-state index contributed by atoms with van der Waals surface area (Å²) >= 11 is 0. The molecule has 0 bridgehead atoms. The largest absolute Gasteiger partial charge is 0.371 e. The summed E-state index contributed by atoms with van der Waals surface area (Å²) in [5, 5.41) is 0. The van der Waals surface area contributed by atoms with Gasteiger partial charge in [-0.15, -0.1) is 0 Å². The summed E-state index contributed by atoms with van der Waals surface area (Å²) in [4.78, 5) is 9.87. The second-order valence-electron chi connectivity index (χ2n) is 4.15. The van der Waals surface area contributed by atoms with E-state index in [9.17, 15) is 0 Å². The van der Waals surface area contributed by atoms with Gasteiger partial charge in [0.2, 0.25) is 0 Å². The highest BCUT2D eigenvalue weighted by molar-refractivity contribution is 5.79. The molecule has 0 amide bonds. The molecule has 0 atom stereocenters. The van der Waals surface area contributed by atoms with E-state index in [4.69, 9.17) is 0 Å². The molecule has 1 saturated heterocycles. The summed E-state index contributed by atoms with van der Waals surface area (Å²) in [6.45, 7) is 2.38. The van der Waals surface area contributed by atoms with E-state index in [2.05, 4.69) is 33.1 Å². The average Bonchev–Trinajstić information content (AvgIpc) is 2.77. The van der Waals surface area contributed by atoms with E-state index in [-0.39, 0.29) is 0 Å². The van der Waals surface area contributed by atoms with Crippen LogP contribution in [0.3, 0.4) is 0 Å². The number of piperidine rings is 1. The molecule has 1 aromatic heterocycles. The Hall–Kier alpha value is -1.51. The number of H-pyrrole nitrogens is 1. The predicted octanol–water partition coefficient (Wildman–Crippen LogP) is 2.55. The van der Waals surface area contributed by atoms with Crippen molar-refractivity contribution >= 4 is 16.7 Å². The number of rotatable bonds is 1. The standard InChI is InChI=1S/C12H15N3/c1-2-6-15(7-3-1)10-4-5-11-12(8-10)14-9-13-11/h4-5,8-9H,1-3,6-7H2,(H,13,14). The molecule has 0 saturated carbocycles. The van der Waals surface area contributed by atoms with Crippen LogP contribution in [0.1, 0.15) is 19.3 Å². The SMILES string of the molecule is c1nc2cc(N3CCCCC3)ccc2[nH]1. The number of anilines is 1. The maximum atomic E-state index is 4.29. The van der Waals surface area contributed by atoms with Gasteiger partial charge in [0.25, 0.3) is 0 Å². The first-order valence-corrected chi connectivity index (χ1v) is 5.61. The lowest BCUT2D eigenvalue weighted by molar-refractivity contribution is 0.578. The van der Waals surface area contributed by atoms with Crippen LogP contribution in [0, 0.1) is 0 Å². The highest BCUT2D eigenvalue weighted by Crippen LogP contribution is 2.22. The van der Waals surface area contributed by atoms with Crippen LogP contribution in [0.15, 0.2) is 24.5 Å². The Morgan fingerprint density at radius 3 is 2.87 bits per heavy atom. The molecule has 3 rings (SSSR count). The van der Waals surface area contributed by atoms with Gasteiger partial charge in [0.05, 0.1) is 17.4 Å². The number of nitrogens with zero attached hydrogens (tertiary/aromatic N) is 2. The average molecular weight is 201 g/mol. The summed E-state index contributed by atoms with van der Waals surface area (Å²) in [5.74, 6) is 0. The third-order valence-corrected chi connectivity index (χ3v) is 3.13. The maximum Gasteiger partial charge on any atom is 0.0931 e. The summed E-state index contributed by atoms with van der Waals surface area (Å²) in [5.41, 5.74) is 3.50. The van der Waals surface area contributed by atoms with Gasteiger partial charge in [0.15, 0.2) is 0 Å². The maximum absolute atomic E-state index is 4.29. The minimum absolute atomic E-state index is 1.07. The number of fused-ring (bicyclic) bond motifs is 1. The Labute approximate surface area is 89.1 Å². The summed E-state index contributed by atoms with van der Waals surface area (Å²) in [6.07, 6.45) is 5.77. The van der Waals surface area contributed by atoms with Gasteiger partial charge in [0, 0.05) is 18.8 Å². The van der Waals surface area contributed by atoms with Crippen molar-refractivity contribution in [2.75, 3.05) is 18.0 Å². The van der Waals surface area contributed by atoms with Gasteiger partial charge in [-0.2, -0.15) is 0 Å². The lowest BCUT2D eigenvalue weighted by Crippen LogP contribution is -2.29. The van der Waals surface area contributed by atoms with Crippen LogP contribution in [-0.4, -0.2) is 23.1 Å². The fourth-order valence-electron chi connectivity index (χ4n) is 2.27. The van der Waals surface area contributed by atoms with Gasteiger partial charge < -0.3 is 9.88 Å².